The minimum absolute atomic E-state index is 0.00135. The SMILES string of the molecule is O=C(O)C1CCOC(CSc2ccc(Oc3ccc(Br)cc3)cc2)C1. The van der Waals surface area contributed by atoms with Gasteiger partial charge in [-0.25, -0.2) is 0 Å². The first-order chi connectivity index (χ1) is 12.1. The predicted octanol–water partition coefficient (Wildman–Crippen LogP) is 5.21. The summed E-state index contributed by atoms with van der Waals surface area (Å²) in [4.78, 5) is 12.2. The van der Waals surface area contributed by atoms with E-state index in [-0.39, 0.29) is 12.0 Å². The number of carboxylic acid groups (broad SMARTS) is 1. The van der Waals surface area contributed by atoms with Gasteiger partial charge in [0, 0.05) is 21.7 Å². The molecule has 2 unspecified atom stereocenters. The zero-order valence-corrected chi connectivity index (χ0v) is 16.0. The Morgan fingerprint density at radius 2 is 1.80 bits per heavy atom. The maximum Gasteiger partial charge on any atom is 0.306 e. The topological polar surface area (TPSA) is 55.8 Å². The van der Waals surface area contributed by atoms with Crippen LogP contribution in [-0.2, 0) is 9.53 Å². The van der Waals surface area contributed by atoms with Gasteiger partial charge in [-0.3, -0.25) is 4.79 Å². The number of carbonyl (C=O) groups is 1. The third-order valence-electron chi connectivity index (χ3n) is 4.03. The maximum atomic E-state index is 11.1. The molecule has 0 amide bonds. The fraction of sp³-hybridized carbons (Fsp3) is 0.316. The van der Waals surface area contributed by atoms with E-state index in [1.807, 2.05) is 48.5 Å². The standard InChI is InChI=1S/C19H19BrO4S/c20-14-1-3-15(4-2-14)24-16-5-7-18(8-6-16)25-12-17-11-13(19(21)22)9-10-23-17/h1-8,13,17H,9-12H2,(H,21,22). The molecule has 2 aromatic rings. The first-order valence-electron chi connectivity index (χ1n) is 8.11. The van der Waals surface area contributed by atoms with E-state index in [4.69, 9.17) is 14.6 Å². The van der Waals surface area contributed by atoms with Crippen LogP contribution in [0.1, 0.15) is 12.8 Å². The molecule has 3 rings (SSSR count). The molecule has 2 aromatic carbocycles. The van der Waals surface area contributed by atoms with E-state index in [0.717, 1.165) is 26.6 Å². The van der Waals surface area contributed by atoms with E-state index in [1.54, 1.807) is 11.8 Å². The molecule has 0 bridgehead atoms. The van der Waals surface area contributed by atoms with Crippen LogP contribution in [0.3, 0.4) is 0 Å². The smallest absolute Gasteiger partial charge is 0.306 e. The number of ether oxygens (including phenoxy) is 2. The van der Waals surface area contributed by atoms with Crippen molar-refractivity contribution in [3.8, 4) is 11.5 Å². The lowest BCUT2D eigenvalue weighted by Crippen LogP contribution is -2.31. The van der Waals surface area contributed by atoms with Crippen molar-refractivity contribution in [2.45, 2.75) is 23.8 Å². The van der Waals surface area contributed by atoms with Crippen molar-refractivity contribution >= 4 is 33.7 Å². The molecule has 4 nitrogen and oxygen atoms in total. The summed E-state index contributed by atoms with van der Waals surface area (Å²) in [5.41, 5.74) is 0. The highest BCUT2D eigenvalue weighted by molar-refractivity contribution is 9.10. The summed E-state index contributed by atoms with van der Waals surface area (Å²) in [6, 6.07) is 15.6. The molecule has 0 aliphatic carbocycles. The Kier molecular flexibility index (Phi) is 6.39. The van der Waals surface area contributed by atoms with Crippen LogP contribution < -0.4 is 4.74 Å². The molecule has 2 atom stereocenters. The maximum absolute atomic E-state index is 11.1. The molecule has 1 fully saturated rings. The van der Waals surface area contributed by atoms with Gasteiger partial charge in [0.15, 0.2) is 0 Å². The Balaban J connectivity index is 1.50. The van der Waals surface area contributed by atoms with Crippen LogP contribution in [-0.4, -0.2) is 29.5 Å². The number of benzene rings is 2. The molecule has 0 aromatic heterocycles. The molecule has 0 radical (unpaired) electrons. The number of carboxylic acids is 1. The molecule has 1 N–H and O–H groups in total. The van der Waals surface area contributed by atoms with E-state index >= 15 is 0 Å². The van der Waals surface area contributed by atoms with E-state index < -0.39 is 5.97 Å². The summed E-state index contributed by atoms with van der Waals surface area (Å²) >= 11 is 5.08. The van der Waals surface area contributed by atoms with Crippen LogP contribution in [0.25, 0.3) is 0 Å². The van der Waals surface area contributed by atoms with Crippen molar-refractivity contribution in [2.75, 3.05) is 12.4 Å². The highest BCUT2D eigenvalue weighted by Crippen LogP contribution is 2.29. The van der Waals surface area contributed by atoms with Crippen molar-refractivity contribution in [3.05, 3.63) is 53.0 Å². The molecule has 1 heterocycles. The van der Waals surface area contributed by atoms with E-state index in [1.165, 1.54) is 0 Å². The van der Waals surface area contributed by atoms with Crippen molar-refractivity contribution in [1.29, 1.82) is 0 Å². The van der Waals surface area contributed by atoms with Gasteiger partial charge in [0.05, 0.1) is 12.0 Å². The van der Waals surface area contributed by atoms with E-state index in [9.17, 15) is 4.79 Å². The minimum Gasteiger partial charge on any atom is -0.481 e. The Labute approximate surface area is 159 Å². The quantitative estimate of drug-likeness (QED) is 0.647. The van der Waals surface area contributed by atoms with Crippen LogP contribution in [0.15, 0.2) is 57.9 Å². The van der Waals surface area contributed by atoms with Crippen LogP contribution in [0, 0.1) is 5.92 Å². The largest absolute Gasteiger partial charge is 0.481 e. The van der Waals surface area contributed by atoms with Crippen LogP contribution in [0.4, 0.5) is 0 Å². The molecular weight excluding hydrogens is 404 g/mol. The van der Waals surface area contributed by atoms with Crippen molar-refractivity contribution in [1.82, 2.24) is 0 Å². The average molecular weight is 423 g/mol. The van der Waals surface area contributed by atoms with Gasteiger partial charge >= 0.3 is 5.97 Å². The molecule has 0 spiro atoms. The summed E-state index contributed by atoms with van der Waals surface area (Å²) in [5, 5.41) is 9.13. The fourth-order valence-electron chi connectivity index (χ4n) is 2.65. The molecule has 1 saturated heterocycles. The Morgan fingerprint density at radius 3 is 2.44 bits per heavy atom. The number of rotatable bonds is 6. The molecule has 25 heavy (non-hydrogen) atoms. The van der Waals surface area contributed by atoms with Crippen molar-refractivity contribution in [2.24, 2.45) is 5.92 Å². The van der Waals surface area contributed by atoms with Crippen LogP contribution in [0.2, 0.25) is 0 Å². The number of aliphatic carboxylic acids is 1. The zero-order valence-electron chi connectivity index (χ0n) is 13.6. The predicted molar refractivity (Wildman–Crippen MR) is 101 cm³/mol. The van der Waals surface area contributed by atoms with Crippen molar-refractivity contribution in [3.63, 3.8) is 0 Å². The van der Waals surface area contributed by atoms with Gasteiger partial charge in [0.2, 0.25) is 0 Å². The molecule has 1 aliphatic rings. The third-order valence-corrected chi connectivity index (χ3v) is 5.70. The fourth-order valence-corrected chi connectivity index (χ4v) is 3.86. The van der Waals surface area contributed by atoms with Gasteiger partial charge in [0.1, 0.15) is 11.5 Å². The van der Waals surface area contributed by atoms with Crippen LogP contribution in [0.5, 0.6) is 11.5 Å². The lowest BCUT2D eigenvalue weighted by Gasteiger charge is -2.26. The monoisotopic (exact) mass is 422 g/mol. The number of hydrogen-bond donors (Lipinski definition) is 1. The van der Waals surface area contributed by atoms with Gasteiger partial charge in [-0.2, -0.15) is 0 Å². The number of thioether (sulfide) groups is 1. The Bertz CT molecular complexity index is 702. The second-order valence-corrected chi connectivity index (χ2v) is 7.90. The molecule has 0 saturated carbocycles. The number of halogens is 1. The lowest BCUT2D eigenvalue weighted by atomic mass is 9.97. The first-order valence-corrected chi connectivity index (χ1v) is 9.89. The van der Waals surface area contributed by atoms with Crippen molar-refractivity contribution < 1.29 is 19.4 Å². The number of hydrogen-bond acceptors (Lipinski definition) is 4. The third kappa shape index (κ3) is 5.49. The zero-order chi connectivity index (χ0) is 17.6. The second kappa shape index (κ2) is 8.74. The highest BCUT2D eigenvalue weighted by atomic mass is 79.9. The average Bonchev–Trinajstić information content (AvgIpc) is 2.63. The minimum atomic E-state index is -0.715. The van der Waals surface area contributed by atoms with Gasteiger partial charge in [-0.05, 0) is 61.4 Å². The molecular formula is C19H19BrO4S. The summed E-state index contributed by atoms with van der Waals surface area (Å²) in [5.74, 6) is 1.34. The molecule has 132 valence electrons. The van der Waals surface area contributed by atoms with Gasteiger partial charge in [-0.15, -0.1) is 11.8 Å². The van der Waals surface area contributed by atoms with Gasteiger partial charge in [-0.1, -0.05) is 15.9 Å². The van der Waals surface area contributed by atoms with Gasteiger partial charge in [0.25, 0.3) is 0 Å². The summed E-state index contributed by atoms with van der Waals surface area (Å²) in [7, 11) is 0. The van der Waals surface area contributed by atoms with E-state index in [2.05, 4.69) is 15.9 Å². The van der Waals surface area contributed by atoms with E-state index in [0.29, 0.717) is 19.4 Å². The normalized spacial score (nSPS) is 20.2. The lowest BCUT2D eigenvalue weighted by molar-refractivity contribution is -0.146. The second-order valence-electron chi connectivity index (χ2n) is 5.89. The van der Waals surface area contributed by atoms with Gasteiger partial charge < -0.3 is 14.6 Å². The summed E-state index contributed by atoms with van der Waals surface area (Å²) < 4.78 is 12.5. The molecule has 6 heteroatoms. The highest BCUT2D eigenvalue weighted by Gasteiger charge is 2.27. The summed E-state index contributed by atoms with van der Waals surface area (Å²) in [6.45, 7) is 0.530. The van der Waals surface area contributed by atoms with Crippen LogP contribution >= 0.6 is 27.7 Å². The molecule has 1 aliphatic heterocycles. The Morgan fingerprint density at radius 1 is 1.16 bits per heavy atom. The summed E-state index contributed by atoms with van der Waals surface area (Å²) in [6.07, 6.45) is 1.20. The first kappa shape index (κ1) is 18.3. The Hall–Kier alpha value is -1.50.